The van der Waals surface area contributed by atoms with Gasteiger partial charge in [0, 0.05) is 5.41 Å². The van der Waals surface area contributed by atoms with E-state index < -0.39 is 0 Å². The van der Waals surface area contributed by atoms with Crippen molar-refractivity contribution >= 4 is 12.6 Å². The van der Waals surface area contributed by atoms with Crippen LogP contribution in [0.4, 0.5) is 0 Å². The molecule has 2 heteroatoms. The molecule has 60 valence electrons. The van der Waals surface area contributed by atoms with E-state index in [1.54, 1.807) is 0 Å². The van der Waals surface area contributed by atoms with Crippen molar-refractivity contribution in [3.05, 3.63) is 0 Å². The molecule has 1 nitrogen and oxygen atoms in total. The lowest BCUT2D eigenvalue weighted by molar-refractivity contribution is -0.139. The van der Waals surface area contributed by atoms with E-state index in [1.165, 1.54) is 6.42 Å². The Balaban J connectivity index is 2.42. The first-order valence-electron chi connectivity index (χ1n) is 3.90. The van der Waals surface area contributed by atoms with E-state index in [1.807, 2.05) is 0 Å². The van der Waals surface area contributed by atoms with Crippen LogP contribution in [0, 0.1) is 11.3 Å². The van der Waals surface area contributed by atoms with Gasteiger partial charge in [0.2, 0.25) is 0 Å². The molecule has 0 saturated carbocycles. The molecule has 1 saturated heterocycles. The van der Waals surface area contributed by atoms with Gasteiger partial charge in [-0.25, -0.2) is 0 Å². The first-order chi connectivity index (χ1) is 4.71. The van der Waals surface area contributed by atoms with Gasteiger partial charge in [0.1, 0.15) is 0 Å². The van der Waals surface area contributed by atoms with Crippen molar-refractivity contribution in [2.24, 2.45) is 11.3 Å². The van der Waals surface area contributed by atoms with E-state index in [9.17, 15) is 0 Å². The van der Waals surface area contributed by atoms with E-state index in [2.05, 4.69) is 26.5 Å². The minimum atomic E-state index is 0.474. The third-order valence-corrected chi connectivity index (χ3v) is 2.84. The average molecular weight is 160 g/mol. The highest BCUT2D eigenvalue weighted by molar-refractivity contribution is 7.80. The van der Waals surface area contributed by atoms with E-state index in [-0.39, 0.29) is 0 Å². The van der Waals surface area contributed by atoms with E-state index in [0.717, 1.165) is 24.9 Å². The maximum Gasteiger partial charge on any atom is 0.0547 e. The summed E-state index contributed by atoms with van der Waals surface area (Å²) in [6, 6.07) is 0. The van der Waals surface area contributed by atoms with E-state index >= 15 is 0 Å². The molecule has 0 aromatic heterocycles. The van der Waals surface area contributed by atoms with Crippen molar-refractivity contribution < 1.29 is 4.74 Å². The second-order valence-electron chi connectivity index (χ2n) is 3.48. The second-order valence-corrected chi connectivity index (χ2v) is 3.93. The van der Waals surface area contributed by atoms with Gasteiger partial charge in [0.05, 0.1) is 13.2 Å². The topological polar surface area (TPSA) is 9.23 Å². The van der Waals surface area contributed by atoms with Crippen molar-refractivity contribution in [1.82, 2.24) is 0 Å². The lowest BCUT2D eigenvalue weighted by Crippen LogP contribution is -2.46. The Morgan fingerprint density at radius 2 is 2.10 bits per heavy atom. The van der Waals surface area contributed by atoms with Gasteiger partial charge in [0.15, 0.2) is 0 Å². The van der Waals surface area contributed by atoms with Crippen molar-refractivity contribution in [2.75, 3.05) is 19.0 Å². The summed E-state index contributed by atoms with van der Waals surface area (Å²) in [5.41, 5.74) is 0.474. The van der Waals surface area contributed by atoms with Gasteiger partial charge < -0.3 is 4.74 Å². The molecule has 0 aromatic rings. The molecule has 0 N–H and O–H groups in total. The highest BCUT2D eigenvalue weighted by atomic mass is 32.1. The quantitative estimate of drug-likeness (QED) is 0.621. The zero-order valence-corrected chi connectivity index (χ0v) is 7.66. The Morgan fingerprint density at radius 1 is 1.50 bits per heavy atom. The van der Waals surface area contributed by atoms with Crippen LogP contribution in [0.1, 0.15) is 20.3 Å². The molecule has 0 aromatic carbocycles. The first-order valence-corrected chi connectivity index (χ1v) is 4.53. The Labute approximate surface area is 68.6 Å². The van der Waals surface area contributed by atoms with Gasteiger partial charge in [-0.15, -0.1) is 0 Å². The van der Waals surface area contributed by atoms with Gasteiger partial charge in [-0.2, -0.15) is 12.6 Å². The van der Waals surface area contributed by atoms with Crippen LogP contribution < -0.4 is 0 Å². The van der Waals surface area contributed by atoms with Crippen molar-refractivity contribution in [1.29, 1.82) is 0 Å². The molecular formula is C8H16OS. The van der Waals surface area contributed by atoms with Crippen LogP contribution in [0.5, 0.6) is 0 Å². The number of rotatable bonds is 3. The Bertz CT molecular complexity index is 108. The second kappa shape index (κ2) is 3.14. The van der Waals surface area contributed by atoms with Crippen molar-refractivity contribution in [3.63, 3.8) is 0 Å². The summed E-state index contributed by atoms with van der Waals surface area (Å²) in [5, 5.41) is 0. The zero-order valence-electron chi connectivity index (χ0n) is 6.76. The lowest BCUT2D eigenvalue weighted by Gasteiger charge is -2.44. The molecular weight excluding hydrogens is 144 g/mol. The van der Waals surface area contributed by atoms with Crippen LogP contribution in [-0.4, -0.2) is 19.0 Å². The summed E-state index contributed by atoms with van der Waals surface area (Å²) in [6.45, 7) is 6.44. The molecule has 0 bridgehead atoms. The van der Waals surface area contributed by atoms with Crippen LogP contribution in [0.25, 0.3) is 0 Å². The average Bonchev–Trinajstić information content (AvgIpc) is 1.77. The van der Waals surface area contributed by atoms with Crippen LogP contribution >= 0.6 is 12.6 Å². The molecule has 0 unspecified atom stereocenters. The SMILES string of the molecule is CC(C)C1(CCS)COC1. The Kier molecular flexibility index (Phi) is 2.64. The summed E-state index contributed by atoms with van der Waals surface area (Å²) in [4.78, 5) is 0. The summed E-state index contributed by atoms with van der Waals surface area (Å²) in [6.07, 6.45) is 1.20. The summed E-state index contributed by atoms with van der Waals surface area (Å²) in [5.74, 6) is 1.73. The number of ether oxygens (including phenoxy) is 1. The number of hydrogen-bond donors (Lipinski definition) is 1. The smallest absolute Gasteiger partial charge is 0.0547 e. The predicted molar refractivity (Wildman–Crippen MR) is 46.6 cm³/mol. The first kappa shape index (κ1) is 8.41. The molecule has 0 atom stereocenters. The highest BCUT2D eigenvalue weighted by Gasteiger charge is 2.40. The largest absolute Gasteiger partial charge is 0.380 e. The van der Waals surface area contributed by atoms with Crippen LogP contribution in [0.3, 0.4) is 0 Å². The molecule has 1 heterocycles. The summed E-state index contributed by atoms with van der Waals surface area (Å²) in [7, 11) is 0. The van der Waals surface area contributed by atoms with Crippen LogP contribution in [0.2, 0.25) is 0 Å². The summed E-state index contributed by atoms with van der Waals surface area (Å²) < 4.78 is 5.22. The maximum atomic E-state index is 5.22. The number of hydrogen-bond acceptors (Lipinski definition) is 2. The molecule has 0 radical (unpaired) electrons. The predicted octanol–water partition coefficient (Wildman–Crippen LogP) is 1.98. The fourth-order valence-electron chi connectivity index (χ4n) is 1.35. The molecule has 0 amide bonds. The monoisotopic (exact) mass is 160 g/mol. The molecule has 10 heavy (non-hydrogen) atoms. The molecule has 0 aliphatic carbocycles. The van der Waals surface area contributed by atoms with Gasteiger partial charge in [-0.1, -0.05) is 13.8 Å². The highest BCUT2D eigenvalue weighted by Crippen LogP contribution is 2.39. The molecule has 1 rings (SSSR count). The van der Waals surface area contributed by atoms with Crippen LogP contribution in [-0.2, 0) is 4.74 Å². The maximum absolute atomic E-state index is 5.22. The lowest BCUT2D eigenvalue weighted by atomic mass is 9.73. The molecule has 1 fully saturated rings. The Hall–Kier alpha value is 0.310. The van der Waals surface area contributed by atoms with Gasteiger partial charge in [-0.05, 0) is 18.1 Å². The molecule has 0 spiro atoms. The number of thiol groups is 1. The third kappa shape index (κ3) is 1.32. The minimum Gasteiger partial charge on any atom is -0.380 e. The van der Waals surface area contributed by atoms with E-state index in [4.69, 9.17) is 4.74 Å². The van der Waals surface area contributed by atoms with Crippen LogP contribution in [0.15, 0.2) is 0 Å². The minimum absolute atomic E-state index is 0.474. The van der Waals surface area contributed by atoms with Gasteiger partial charge in [-0.3, -0.25) is 0 Å². The Morgan fingerprint density at radius 3 is 2.20 bits per heavy atom. The fourth-order valence-corrected chi connectivity index (χ4v) is 1.80. The summed E-state index contributed by atoms with van der Waals surface area (Å²) >= 11 is 4.24. The zero-order chi connectivity index (χ0) is 7.61. The molecule has 1 aliphatic rings. The normalized spacial score (nSPS) is 22.8. The van der Waals surface area contributed by atoms with Gasteiger partial charge >= 0.3 is 0 Å². The van der Waals surface area contributed by atoms with Crippen molar-refractivity contribution in [2.45, 2.75) is 20.3 Å². The van der Waals surface area contributed by atoms with Gasteiger partial charge in [0.25, 0.3) is 0 Å². The molecule has 1 aliphatic heterocycles. The standard InChI is InChI=1S/C8H16OS/c1-7(2)8(3-4-10)5-9-6-8/h7,10H,3-6H2,1-2H3. The van der Waals surface area contributed by atoms with Crippen molar-refractivity contribution in [3.8, 4) is 0 Å². The van der Waals surface area contributed by atoms with E-state index in [0.29, 0.717) is 5.41 Å². The fraction of sp³-hybridized carbons (Fsp3) is 1.00. The third-order valence-electron chi connectivity index (χ3n) is 2.61.